The van der Waals surface area contributed by atoms with Crippen molar-refractivity contribution in [2.45, 2.75) is 40.2 Å². The zero-order chi connectivity index (χ0) is 23.2. The second kappa shape index (κ2) is 9.02. The highest BCUT2D eigenvalue weighted by atomic mass is 79.9. The Bertz CT molecular complexity index is 1080. The van der Waals surface area contributed by atoms with Crippen molar-refractivity contribution in [2.24, 2.45) is 11.8 Å². The van der Waals surface area contributed by atoms with Crippen LogP contribution in [-0.2, 0) is 16.0 Å². The van der Waals surface area contributed by atoms with Gasteiger partial charge in [0.15, 0.2) is 0 Å². The molecule has 0 fully saturated rings. The number of aromatic nitrogens is 1. The van der Waals surface area contributed by atoms with E-state index < -0.39 is 0 Å². The third-order valence-electron chi connectivity index (χ3n) is 6.61. The molecule has 4 rings (SSSR count). The largest absolute Gasteiger partial charge is 0.449 e. The number of halogens is 1. The first kappa shape index (κ1) is 23.1. The molecule has 1 aromatic carbocycles. The molecular formula is C25H32BrN3O3. The van der Waals surface area contributed by atoms with Crippen LogP contribution in [-0.4, -0.2) is 65.7 Å². The molecule has 172 valence electrons. The first-order valence-corrected chi connectivity index (χ1v) is 12.3. The molecule has 2 atom stereocenters. The Balaban J connectivity index is 1.81. The number of carbonyl (C=O) groups excluding carboxylic acids is 2. The highest BCUT2D eigenvalue weighted by molar-refractivity contribution is 9.10. The fourth-order valence-corrected chi connectivity index (χ4v) is 5.69. The first-order chi connectivity index (χ1) is 15.3. The maximum absolute atomic E-state index is 13.1. The molecule has 7 heteroatoms. The van der Waals surface area contributed by atoms with Gasteiger partial charge in [-0.2, -0.15) is 0 Å². The zero-order valence-corrected chi connectivity index (χ0v) is 21.1. The number of rotatable bonds is 5. The lowest BCUT2D eigenvalue weighted by molar-refractivity contribution is -0.134. The molecule has 0 radical (unpaired) electrons. The van der Waals surface area contributed by atoms with Crippen molar-refractivity contribution in [3.8, 4) is 0 Å². The average molecular weight is 502 g/mol. The summed E-state index contributed by atoms with van der Waals surface area (Å²) >= 11 is 3.70. The van der Waals surface area contributed by atoms with Crippen molar-refractivity contribution >= 4 is 44.4 Å². The van der Waals surface area contributed by atoms with Crippen molar-refractivity contribution < 1.29 is 14.3 Å². The van der Waals surface area contributed by atoms with Crippen LogP contribution in [0.4, 0.5) is 4.79 Å². The number of ether oxygens (including phenoxy) is 1. The number of nitrogens with zero attached hydrogens (tertiary/aromatic N) is 3. The maximum Gasteiger partial charge on any atom is 0.419 e. The first-order valence-electron chi connectivity index (χ1n) is 11.5. The van der Waals surface area contributed by atoms with Crippen LogP contribution >= 0.6 is 15.9 Å². The second-order valence-corrected chi connectivity index (χ2v) is 9.92. The minimum atomic E-state index is -0.360. The molecule has 2 aromatic rings. The maximum atomic E-state index is 13.1. The van der Waals surface area contributed by atoms with Gasteiger partial charge in [-0.05, 0) is 71.9 Å². The number of likely N-dealkylation sites (N-methyl/N-ethyl adjacent to an activating group) is 1. The number of benzene rings is 1. The standard InChI is InChI=1S/C25H32BrN3O3/c1-6-28(7-2)24(30)16-11-18-17-9-8-10-20-22(17)19(12-21(18)27(5)13-16)23(26)29(20)25(31)32-14-15(3)4/h8-11,15-16,21H,6-7,12-14H2,1-5H3/t16-,21-/m1/s1. The molecule has 6 nitrogen and oxygen atoms in total. The van der Waals surface area contributed by atoms with Gasteiger partial charge in [0.25, 0.3) is 0 Å². The number of hydrogen-bond donors (Lipinski definition) is 0. The van der Waals surface area contributed by atoms with Crippen LogP contribution in [0.3, 0.4) is 0 Å². The van der Waals surface area contributed by atoms with Crippen molar-refractivity contribution in [1.82, 2.24) is 14.4 Å². The van der Waals surface area contributed by atoms with E-state index in [2.05, 4.69) is 40.0 Å². The number of fused-ring (bicyclic) bond motifs is 2. The van der Waals surface area contributed by atoms with E-state index in [1.165, 1.54) is 5.57 Å². The highest BCUT2D eigenvalue weighted by Crippen LogP contribution is 2.45. The van der Waals surface area contributed by atoms with E-state index in [-0.39, 0.29) is 29.9 Å². The van der Waals surface area contributed by atoms with Crippen LogP contribution in [0, 0.1) is 11.8 Å². The predicted octanol–water partition coefficient (Wildman–Crippen LogP) is 4.78. The van der Waals surface area contributed by atoms with Gasteiger partial charge >= 0.3 is 6.09 Å². The fourth-order valence-electron chi connectivity index (χ4n) is 5.00. The normalized spacial score (nSPS) is 20.3. The Morgan fingerprint density at radius 3 is 2.62 bits per heavy atom. The van der Waals surface area contributed by atoms with Gasteiger partial charge in [-0.15, -0.1) is 0 Å². The Labute approximate surface area is 198 Å². The molecule has 0 unspecified atom stereocenters. The SMILES string of the molecule is CCN(CC)C(=O)[C@@H]1C=C2c3cccc4c3c(c(Br)n4C(=O)OCC(C)C)C[C@H]2N(C)C1. The van der Waals surface area contributed by atoms with Gasteiger partial charge < -0.3 is 9.64 Å². The predicted molar refractivity (Wildman–Crippen MR) is 131 cm³/mol. The van der Waals surface area contributed by atoms with E-state index in [9.17, 15) is 9.59 Å². The molecule has 2 heterocycles. The second-order valence-electron chi connectivity index (χ2n) is 9.17. The van der Waals surface area contributed by atoms with Gasteiger partial charge in [0.1, 0.15) is 0 Å². The molecule has 0 N–H and O–H groups in total. The summed E-state index contributed by atoms with van der Waals surface area (Å²) < 4.78 is 7.97. The van der Waals surface area contributed by atoms with Gasteiger partial charge in [0, 0.05) is 31.1 Å². The Morgan fingerprint density at radius 2 is 1.97 bits per heavy atom. The molecule has 0 saturated carbocycles. The van der Waals surface area contributed by atoms with Crippen LogP contribution < -0.4 is 0 Å². The third-order valence-corrected chi connectivity index (χ3v) is 7.44. The van der Waals surface area contributed by atoms with Gasteiger partial charge in [0.05, 0.1) is 22.6 Å². The lowest BCUT2D eigenvalue weighted by Gasteiger charge is -2.40. The van der Waals surface area contributed by atoms with Gasteiger partial charge in [0.2, 0.25) is 5.91 Å². The molecule has 1 aliphatic carbocycles. The number of amides is 1. The summed E-state index contributed by atoms with van der Waals surface area (Å²) in [5.41, 5.74) is 4.26. The van der Waals surface area contributed by atoms with E-state index in [0.717, 1.165) is 46.1 Å². The average Bonchev–Trinajstić information content (AvgIpc) is 3.06. The van der Waals surface area contributed by atoms with Crippen LogP contribution in [0.15, 0.2) is 28.9 Å². The minimum absolute atomic E-state index is 0.163. The Kier molecular flexibility index (Phi) is 6.50. The van der Waals surface area contributed by atoms with Crippen molar-refractivity contribution in [1.29, 1.82) is 0 Å². The zero-order valence-electron chi connectivity index (χ0n) is 19.5. The van der Waals surface area contributed by atoms with Crippen LogP contribution in [0.25, 0.3) is 16.5 Å². The van der Waals surface area contributed by atoms with Crippen molar-refractivity contribution in [3.63, 3.8) is 0 Å². The molecule has 0 saturated heterocycles. The van der Waals surface area contributed by atoms with E-state index in [1.54, 1.807) is 4.57 Å². The molecular weight excluding hydrogens is 470 g/mol. The van der Waals surface area contributed by atoms with E-state index in [0.29, 0.717) is 13.2 Å². The molecule has 1 aliphatic heterocycles. The van der Waals surface area contributed by atoms with Gasteiger partial charge in [-0.25, -0.2) is 9.36 Å². The Hall–Kier alpha value is -2.12. The lowest BCUT2D eigenvalue weighted by Crippen LogP contribution is -2.47. The van der Waals surface area contributed by atoms with Gasteiger partial charge in [-0.1, -0.05) is 32.1 Å². The minimum Gasteiger partial charge on any atom is -0.449 e. The number of hydrogen-bond acceptors (Lipinski definition) is 4. The van der Waals surface area contributed by atoms with Crippen molar-refractivity contribution in [3.05, 3.63) is 40.0 Å². The molecule has 1 amide bonds. The summed E-state index contributed by atoms with van der Waals surface area (Å²) in [5, 5.41) is 1.08. The Morgan fingerprint density at radius 1 is 1.25 bits per heavy atom. The van der Waals surface area contributed by atoms with E-state index in [1.807, 2.05) is 44.7 Å². The summed E-state index contributed by atoms with van der Waals surface area (Å²) in [6.07, 6.45) is 2.60. The monoisotopic (exact) mass is 501 g/mol. The third kappa shape index (κ3) is 3.79. The van der Waals surface area contributed by atoms with Crippen LogP contribution in [0.5, 0.6) is 0 Å². The fraction of sp³-hybridized carbons (Fsp3) is 0.520. The topological polar surface area (TPSA) is 54.8 Å². The summed E-state index contributed by atoms with van der Waals surface area (Å²) in [7, 11) is 2.09. The van der Waals surface area contributed by atoms with Crippen LogP contribution in [0.2, 0.25) is 0 Å². The lowest BCUT2D eigenvalue weighted by atomic mass is 9.79. The van der Waals surface area contributed by atoms with Crippen LogP contribution in [0.1, 0.15) is 38.8 Å². The van der Waals surface area contributed by atoms with E-state index in [4.69, 9.17) is 4.74 Å². The summed E-state index contributed by atoms with van der Waals surface area (Å²) in [5.74, 6) is 0.290. The highest BCUT2D eigenvalue weighted by Gasteiger charge is 2.38. The van der Waals surface area contributed by atoms with Gasteiger partial charge in [-0.3, -0.25) is 9.69 Å². The molecule has 2 aliphatic rings. The molecule has 1 aromatic heterocycles. The quantitative estimate of drug-likeness (QED) is 0.591. The molecule has 0 spiro atoms. The molecule has 0 bridgehead atoms. The smallest absolute Gasteiger partial charge is 0.419 e. The summed E-state index contributed by atoms with van der Waals surface area (Å²) in [6, 6.07) is 6.24. The summed E-state index contributed by atoms with van der Waals surface area (Å²) in [4.78, 5) is 30.3. The molecule has 32 heavy (non-hydrogen) atoms. The van der Waals surface area contributed by atoms with Crippen molar-refractivity contribution in [2.75, 3.05) is 33.3 Å². The van der Waals surface area contributed by atoms with E-state index >= 15 is 0 Å². The summed E-state index contributed by atoms with van der Waals surface area (Å²) in [6.45, 7) is 10.6. The number of carbonyl (C=O) groups is 2.